The number of halogens is 1. The largest absolute Gasteiger partial charge is 0.449 e. The van der Waals surface area contributed by atoms with Gasteiger partial charge in [-0.1, -0.05) is 18.2 Å². The van der Waals surface area contributed by atoms with Gasteiger partial charge >= 0.3 is 0 Å². The first-order valence-electron chi connectivity index (χ1n) is 8.36. The molecule has 1 aromatic heterocycles. The molecular weight excluding hydrogens is 345 g/mol. The van der Waals surface area contributed by atoms with Crippen molar-refractivity contribution in [1.29, 1.82) is 0 Å². The zero-order valence-electron chi connectivity index (χ0n) is 14.3. The van der Waals surface area contributed by atoms with Crippen LogP contribution in [-0.2, 0) is 11.3 Å². The summed E-state index contributed by atoms with van der Waals surface area (Å²) >= 11 is 0. The van der Waals surface area contributed by atoms with Gasteiger partial charge in [0.1, 0.15) is 5.82 Å². The lowest BCUT2D eigenvalue weighted by atomic mass is 10.1. The SMILES string of the molecule is Nc1ccc2c(c1)N(Cc1ccc(F)cc1)C(=O)/C(=C\c1ccccn1)O2. The number of amides is 1. The summed E-state index contributed by atoms with van der Waals surface area (Å²) in [4.78, 5) is 18.8. The Hall–Kier alpha value is -3.67. The first kappa shape index (κ1) is 16.8. The van der Waals surface area contributed by atoms with Crippen LogP contribution in [0.5, 0.6) is 5.75 Å². The summed E-state index contributed by atoms with van der Waals surface area (Å²) in [6, 6.07) is 16.6. The number of benzene rings is 2. The predicted molar refractivity (Wildman–Crippen MR) is 101 cm³/mol. The van der Waals surface area contributed by atoms with Crippen molar-refractivity contribution in [3.63, 3.8) is 0 Å². The molecular formula is C21H16FN3O2. The number of aromatic nitrogens is 1. The molecule has 0 unspecified atom stereocenters. The maximum Gasteiger partial charge on any atom is 0.294 e. The van der Waals surface area contributed by atoms with E-state index < -0.39 is 0 Å². The Morgan fingerprint density at radius 2 is 1.93 bits per heavy atom. The molecule has 0 aliphatic carbocycles. The van der Waals surface area contributed by atoms with Crippen LogP contribution in [0.2, 0.25) is 0 Å². The molecule has 1 aliphatic rings. The van der Waals surface area contributed by atoms with E-state index in [1.54, 1.807) is 59.6 Å². The number of nitrogen functional groups attached to an aromatic ring is 1. The van der Waals surface area contributed by atoms with E-state index in [0.29, 0.717) is 22.8 Å². The minimum absolute atomic E-state index is 0.160. The average Bonchev–Trinajstić information content (AvgIpc) is 2.68. The molecule has 6 heteroatoms. The van der Waals surface area contributed by atoms with Crippen molar-refractivity contribution < 1.29 is 13.9 Å². The number of hydrogen-bond acceptors (Lipinski definition) is 4. The number of nitrogens with zero attached hydrogens (tertiary/aromatic N) is 2. The second kappa shape index (κ2) is 6.92. The molecule has 134 valence electrons. The van der Waals surface area contributed by atoms with Gasteiger partial charge in [-0.25, -0.2) is 4.39 Å². The molecule has 2 heterocycles. The average molecular weight is 361 g/mol. The van der Waals surface area contributed by atoms with Gasteiger partial charge in [0.25, 0.3) is 5.91 Å². The van der Waals surface area contributed by atoms with Crippen LogP contribution in [0, 0.1) is 5.82 Å². The lowest BCUT2D eigenvalue weighted by Gasteiger charge is -2.30. The third-order valence-corrected chi connectivity index (χ3v) is 4.17. The van der Waals surface area contributed by atoms with Crippen LogP contribution in [0.15, 0.2) is 72.6 Å². The van der Waals surface area contributed by atoms with E-state index in [9.17, 15) is 9.18 Å². The van der Waals surface area contributed by atoms with Gasteiger partial charge in [0.15, 0.2) is 11.5 Å². The third kappa shape index (κ3) is 3.50. The number of hydrogen-bond donors (Lipinski definition) is 1. The zero-order valence-corrected chi connectivity index (χ0v) is 14.3. The van der Waals surface area contributed by atoms with E-state index in [1.165, 1.54) is 12.1 Å². The number of anilines is 2. The molecule has 0 saturated heterocycles. The van der Waals surface area contributed by atoms with Gasteiger partial charge in [-0.2, -0.15) is 0 Å². The van der Waals surface area contributed by atoms with Crippen molar-refractivity contribution in [2.45, 2.75) is 6.54 Å². The van der Waals surface area contributed by atoms with Crippen molar-refractivity contribution in [2.75, 3.05) is 10.6 Å². The predicted octanol–water partition coefficient (Wildman–Crippen LogP) is 3.77. The molecule has 1 aliphatic heterocycles. The number of carbonyl (C=O) groups is 1. The van der Waals surface area contributed by atoms with E-state index in [-0.39, 0.29) is 24.0 Å². The van der Waals surface area contributed by atoms with Crippen LogP contribution in [0.4, 0.5) is 15.8 Å². The molecule has 3 aromatic rings. The maximum atomic E-state index is 13.2. The summed E-state index contributed by atoms with van der Waals surface area (Å²) in [6.07, 6.45) is 3.24. The van der Waals surface area contributed by atoms with Crippen LogP contribution < -0.4 is 15.4 Å². The summed E-state index contributed by atoms with van der Waals surface area (Å²) in [7, 11) is 0. The Morgan fingerprint density at radius 1 is 1.11 bits per heavy atom. The molecule has 2 N–H and O–H groups in total. The lowest BCUT2D eigenvalue weighted by molar-refractivity contribution is -0.117. The molecule has 4 rings (SSSR count). The second-order valence-corrected chi connectivity index (χ2v) is 6.11. The van der Waals surface area contributed by atoms with E-state index in [1.807, 2.05) is 6.07 Å². The van der Waals surface area contributed by atoms with Gasteiger partial charge in [0, 0.05) is 18.0 Å². The maximum absolute atomic E-state index is 13.2. The Labute approximate surface area is 155 Å². The van der Waals surface area contributed by atoms with Crippen molar-refractivity contribution in [1.82, 2.24) is 4.98 Å². The number of fused-ring (bicyclic) bond motifs is 1. The molecule has 0 radical (unpaired) electrons. The van der Waals surface area contributed by atoms with E-state index in [4.69, 9.17) is 10.5 Å². The smallest absolute Gasteiger partial charge is 0.294 e. The minimum atomic E-state index is -0.326. The number of ether oxygens (including phenoxy) is 1. The summed E-state index contributed by atoms with van der Waals surface area (Å²) < 4.78 is 19.0. The van der Waals surface area contributed by atoms with Crippen molar-refractivity contribution in [3.05, 3.63) is 89.7 Å². The molecule has 1 amide bonds. The Balaban J connectivity index is 1.75. The molecule has 27 heavy (non-hydrogen) atoms. The Morgan fingerprint density at radius 3 is 2.67 bits per heavy atom. The fourth-order valence-corrected chi connectivity index (χ4v) is 2.85. The molecule has 0 spiro atoms. The number of nitrogens with two attached hydrogens (primary N) is 1. The fourth-order valence-electron chi connectivity index (χ4n) is 2.85. The van der Waals surface area contributed by atoms with Crippen LogP contribution in [0.25, 0.3) is 6.08 Å². The van der Waals surface area contributed by atoms with Gasteiger partial charge in [-0.15, -0.1) is 0 Å². The van der Waals surface area contributed by atoms with Crippen molar-refractivity contribution in [2.24, 2.45) is 0 Å². The van der Waals surface area contributed by atoms with Crippen LogP contribution in [0.3, 0.4) is 0 Å². The normalized spacial score (nSPS) is 14.8. The first-order chi connectivity index (χ1) is 13.1. The molecule has 5 nitrogen and oxygen atoms in total. The monoisotopic (exact) mass is 361 g/mol. The number of rotatable bonds is 3. The molecule has 0 bridgehead atoms. The topological polar surface area (TPSA) is 68.5 Å². The highest BCUT2D eigenvalue weighted by molar-refractivity contribution is 6.09. The van der Waals surface area contributed by atoms with Crippen LogP contribution >= 0.6 is 0 Å². The summed E-state index contributed by atoms with van der Waals surface area (Å²) in [5.41, 5.74) is 8.39. The standard InChI is InChI=1S/C21H16FN3O2/c22-15-6-4-14(5-7-15)13-25-18-11-16(23)8-9-19(18)27-20(21(25)26)12-17-3-1-2-10-24-17/h1-12H,13,23H2/b20-12+. The Bertz CT molecular complexity index is 1020. The molecule has 0 saturated carbocycles. The highest BCUT2D eigenvalue weighted by Gasteiger charge is 2.30. The van der Waals surface area contributed by atoms with Crippen molar-refractivity contribution >= 4 is 23.4 Å². The lowest BCUT2D eigenvalue weighted by Crippen LogP contribution is -2.37. The molecule has 2 aromatic carbocycles. The van der Waals surface area contributed by atoms with Gasteiger partial charge < -0.3 is 10.5 Å². The minimum Gasteiger partial charge on any atom is -0.449 e. The third-order valence-electron chi connectivity index (χ3n) is 4.17. The van der Waals surface area contributed by atoms with Crippen LogP contribution in [0.1, 0.15) is 11.3 Å². The quantitative estimate of drug-likeness (QED) is 0.570. The summed E-state index contributed by atoms with van der Waals surface area (Å²) in [5.74, 6) is 0.0386. The van der Waals surface area contributed by atoms with E-state index >= 15 is 0 Å². The first-order valence-corrected chi connectivity index (χ1v) is 8.36. The van der Waals surface area contributed by atoms with Gasteiger partial charge in [0.2, 0.25) is 0 Å². The van der Waals surface area contributed by atoms with Gasteiger partial charge in [-0.05, 0) is 48.0 Å². The zero-order chi connectivity index (χ0) is 18.8. The Kier molecular flexibility index (Phi) is 4.30. The fraction of sp³-hybridized carbons (Fsp3) is 0.0476. The summed E-state index contributed by atoms with van der Waals surface area (Å²) in [6.45, 7) is 0.262. The van der Waals surface area contributed by atoms with Crippen LogP contribution in [-0.4, -0.2) is 10.9 Å². The number of carbonyl (C=O) groups excluding carboxylic acids is 1. The second-order valence-electron chi connectivity index (χ2n) is 6.11. The van der Waals surface area contributed by atoms with E-state index in [0.717, 1.165) is 5.56 Å². The van der Waals surface area contributed by atoms with Crippen molar-refractivity contribution in [3.8, 4) is 5.75 Å². The molecule has 0 fully saturated rings. The highest BCUT2D eigenvalue weighted by atomic mass is 19.1. The van der Waals surface area contributed by atoms with E-state index in [2.05, 4.69) is 4.98 Å². The van der Waals surface area contributed by atoms with Gasteiger partial charge in [0.05, 0.1) is 17.9 Å². The summed E-state index contributed by atoms with van der Waals surface area (Å²) in [5, 5.41) is 0. The highest BCUT2D eigenvalue weighted by Crippen LogP contribution is 2.38. The molecule has 0 atom stereocenters. The van der Waals surface area contributed by atoms with Gasteiger partial charge in [-0.3, -0.25) is 14.7 Å². The number of pyridine rings is 1.